The highest BCUT2D eigenvalue weighted by Crippen LogP contribution is 2.42. The summed E-state index contributed by atoms with van der Waals surface area (Å²) in [5.74, 6) is -4.07. The maximum Gasteiger partial charge on any atom is 0.307 e. The minimum atomic E-state index is -2.64. The summed E-state index contributed by atoms with van der Waals surface area (Å²) in [6.45, 7) is 0. The first-order valence-corrected chi connectivity index (χ1v) is 8.44. The Kier molecular flexibility index (Phi) is 3.62. The number of aliphatic carboxylic acids is 1. The van der Waals surface area contributed by atoms with Crippen LogP contribution in [-0.2, 0) is 4.79 Å². The molecule has 0 radical (unpaired) electrons. The molecule has 2 aliphatic carbocycles. The Bertz CT molecular complexity index is 881. The number of nitrogens with one attached hydrogen (secondary N) is 1. The van der Waals surface area contributed by atoms with Crippen molar-refractivity contribution in [2.45, 2.75) is 56.4 Å². The molecule has 9 heteroatoms. The monoisotopic (exact) mass is 352 g/mol. The lowest BCUT2D eigenvalue weighted by molar-refractivity contribution is -0.145. The second kappa shape index (κ2) is 5.60. The second-order valence-corrected chi connectivity index (χ2v) is 6.99. The van der Waals surface area contributed by atoms with Gasteiger partial charge in [0.1, 0.15) is 11.2 Å². The van der Waals surface area contributed by atoms with Crippen molar-refractivity contribution in [2.75, 3.05) is 0 Å². The van der Waals surface area contributed by atoms with Gasteiger partial charge in [-0.1, -0.05) is 0 Å². The van der Waals surface area contributed by atoms with Crippen molar-refractivity contribution < 1.29 is 18.7 Å². The van der Waals surface area contributed by atoms with Gasteiger partial charge in [-0.3, -0.25) is 9.59 Å². The lowest BCUT2D eigenvalue weighted by Gasteiger charge is -2.32. The van der Waals surface area contributed by atoms with E-state index in [9.17, 15) is 23.5 Å². The molecule has 2 heterocycles. The van der Waals surface area contributed by atoms with Crippen LogP contribution in [-0.4, -0.2) is 36.7 Å². The van der Waals surface area contributed by atoms with Gasteiger partial charge in [-0.25, -0.2) is 18.4 Å². The van der Waals surface area contributed by atoms with Crippen LogP contribution < -0.4 is 5.56 Å². The van der Waals surface area contributed by atoms with Crippen LogP contribution in [0, 0.1) is 5.92 Å². The zero-order chi connectivity index (χ0) is 17.8. The number of H-pyrrole nitrogens is 1. The summed E-state index contributed by atoms with van der Waals surface area (Å²) in [5, 5.41) is 13.7. The number of halogens is 2. The predicted octanol–water partition coefficient (Wildman–Crippen LogP) is 2.45. The molecule has 2 saturated carbocycles. The highest BCUT2D eigenvalue weighted by atomic mass is 19.3. The summed E-state index contributed by atoms with van der Waals surface area (Å²) >= 11 is 0. The Morgan fingerprint density at radius 3 is 2.60 bits per heavy atom. The van der Waals surface area contributed by atoms with Crippen LogP contribution in [0.3, 0.4) is 0 Å². The number of carbonyl (C=O) groups is 1. The van der Waals surface area contributed by atoms with Gasteiger partial charge in [-0.15, -0.1) is 0 Å². The third-order valence-electron chi connectivity index (χ3n) is 5.46. The first-order valence-electron chi connectivity index (χ1n) is 8.44. The molecule has 0 saturated heterocycles. The Hall–Kier alpha value is -2.32. The molecule has 2 unspecified atom stereocenters. The van der Waals surface area contributed by atoms with E-state index < -0.39 is 17.8 Å². The van der Waals surface area contributed by atoms with Gasteiger partial charge in [0.25, 0.3) is 5.56 Å². The maximum absolute atomic E-state index is 13.4. The Balaban J connectivity index is 1.70. The van der Waals surface area contributed by atoms with Crippen molar-refractivity contribution in [1.29, 1.82) is 0 Å². The fraction of sp³-hybridized carbons (Fsp3) is 0.625. The summed E-state index contributed by atoms with van der Waals surface area (Å²) in [5.41, 5.74) is -0.0200. The van der Waals surface area contributed by atoms with E-state index in [-0.39, 0.29) is 43.2 Å². The average Bonchev–Trinajstić information content (AvgIpc) is 2.90. The van der Waals surface area contributed by atoms with E-state index in [0.717, 1.165) is 0 Å². The van der Waals surface area contributed by atoms with Gasteiger partial charge >= 0.3 is 5.97 Å². The molecule has 134 valence electrons. The van der Waals surface area contributed by atoms with Crippen LogP contribution >= 0.6 is 0 Å². The van der Waals surface area contributed by atoms with Crippen molar-refractivity contribution in [3.63, 3.8) is 0 Å². The highest BCUT2D eigenvalue weighted by Gasteiger charge is 2.40. The second-order valence-electron chi connectivity index (χ2n) is 6.99. The van der Waals surface area contributed by atoms with E-state index >= 15 is 0 Å². The smallest absolute Gasteiger partial charge is 0.307 e. The number of hydrogen-bond acceptors (Lipinski definition) is 4. The largest absolute Gasteiger partial charge is 0.481 e. The van der Waals surface area contributed by atoms with Crippen LogP contribution in [0.5, 0.6) is 0 Å². The van der Waals surface area contributed by atoms with Gasteiger partial charge in [-0.05, 0) is 25.7 Å². The predicted molar refractivity (Wildman–Crippen MR) is 83.7 cm³/mol. The average molecular weight is 352 g/mol. The normalized spacial score (nSPS) is 26.5. The number of nitrogens with zero attached hydrogens (tertiary/aromatic N) is 3. The van der Waals surface area contributed by atoms with Crippen LogP contribution in [0.2, 0.25) is 0 Å². The van der Waals surface area contributed by atoms with Crippen LogP contribution in [0.15, 0.2) is 11.0 Å². The molecule has 2 fully saturated rings. The molecule has 0 spiro atoms. The molecule has 4 rings (SSSR count). The first kappa shape index (κ1) is 16.2. The molecular weight excluding hydrogens is 334 g/mol. The van der Waals surface area contributed by atoms with E-state index in [1.54, 1.807) is 4.68 Å². The molecule has 2 aliphatic rings. The van der Waals surface area contributed by atoms with E-state index in [1.165, 1.54) is 6.20 Å². The molecule has 0 amide bonds. The number of carboxylic acid groups (broad SMARTS) is 1. The lowest BCUT2D eigenvalue weighted by Crippen LogP contribution is -2.33. The summed E-state index contributed by atoms with van der Waals surface area (Å²) in [6.07, 6.45) is 2.72. The molecule has 0 aromatic carbocycles. The Morgan fingerprint density at radius 2 is 2.00 bits per heavy atom. The molecule has 2 atom stereocenters. The summed E-state index contributed by atoms with van der Waals surface area (Å²) in [7, 11) is 0. The van der Waals surface area contributed by atoms with Crippen LogP contribution in [0.4, 0.5) is 8.78 Å². The molecule has 2 aromatic rings. The SMILES string of the molecule is O=C(O)C1CCC1c1nc2c(cnn2C2CCC(F)(F)CC2)c(=O)[nH]1. The number of hydrogen-bond donors (Lipinski definition) is 2. The van der Waals surface area contributed by atoms with E-state index in [2.05, 4.69) is 15.1 Å². The van der Waals surface area contributed by atoms with Crippen molar-refractivity contribution in [1.82, 2.24) is 19.7 Å². The standard InChI is InChI=1S/C16H18F2N4O3/c17-16(18)5-3-8(4-6-16)22-13-11(7-19-22)14(23)21-12(20-13)9-1-2-10(9)15(24)25/h7-10H,1-6H2,(H,24,25)(H,20,21,23). The van der Waals surface area contributed by atoms with Gasteiger partial charge in [-0.2, -0.15) is 5.10 Å². The number of alkyl halides is 2. The van der Waals surface area contributed by atoms with Gasteiger partial charge < -0.3 is 10.1 Å². The zero-order valence-corrected chi connectivity index (χ0v) is 13.4. The molecule has 2 N–H and O–H groups in total. The topological polar surface area (TPSA) is 101 Å². The number of carboxylic acids is 1. The fourth-order valence-corrected chi connectivity index (χ4v) is 3.79. The first-order chi connectivity index (χ1) is 11.9. The van der Waals surface area contributed by atoms with E-state index in [4.69, 9.17) is 0 Å². The van der Waals surface area contributed by atoms with Crippen molar-refractivity contribution in [2.24, 2.45) is 5.92 Å². The van der Waals surface area contributed by atoms with Gasteiger partial charge in [0, 0.05) is 18.8 Å². The molecular formula is C16H18F2N4O3. The molecule has 25 heavy (non-hydrogen) atoms. The van der Waals surface area contributed by atoms with Gasteiger partial charge in [0.05, 0.1) is 18.2 Å². The zero-order valence-electron chi connectivity index (χ0n) is 13.4. The van der Waals surface area contributed by atoms with E-state index in [1.807, 2.05) is 0 Å². The highest BCUT2D eigenvalue weighted by molar-refractivity contribution is 5.74. The lowest BCUT2D eigenvalue weighted by atomic mass is 9.73. The Morgan fingerprint density at radius 1 is 1.28 bits per heavy atom. The van der Waals surface area contributed by atoms with Gasteiger partial charge in [0.2, 0.25) is 5.92 Å². The molecule has 2 aromatic heterocycles. The Labute approximate surface area is 141 Å². The van der Waals surface area contributed by atoms with Crippen molar-refractivity contribution in [3.05, 3.63) is 22.4 Å². The molecule has 0 aliphatic heterocycles. The third-order valence-corrected chi connectivity index (χ3v) is 5.46. The summed E-state index contributed by atoms with van der Waals surface area (Å²) in [4.78, 5) is 30.7. The minimum absolute atomic E-state index is 0.210. The maximum atomic E-state index is 13.4. The quantitative estimate of drug-likeness (QED) is 0.884. The number of rotatable bonds is 3. The van der Waals surface area contributed by atoms with Crippen LogP contribution in [0.1, 0.15) is 56.3 Å². The van der Waals surface area contributed by atoms with Gasteiger partial charge in [0.15, 0.2) is 5.65 Å². The summed E-state index contributed by atoms with van der Waals surface area (Å²) < 4.78 is 28.3. The number of aromatic nitrogens is 4. The van der Waals surface area contributed by atoms with Crippen molar-refractivity contribution in [3.8, 4) is 0 Å². The molecule has 7 nitrogen and oxygen atoms in total. The number of fused-ring (bicyclic) bond motifs is 1. The number of aromatic amines is 1. The van der Waals surface area contributed by atoms with Crippen LogP contribution in [0.25, 0.3) is 11.0 Å². The van der Waals surface area contributed by atoms with Crippen molar-refractivity contribution >= 4 is 17.0 Å². The third kappa shape index (κ3) is 2.71. The molecule has 0 bridgehead atoms. The summed E-state index contributed by atoms with van der Waals surface area (Å²) in [6, 6.07) is -0.226. The van der Waals surface area contributed by atoms with E-state index in [0.29, 0.717) is 29.7 Å². The fourth-order valence-electron chi connectivity index (χ4n) is 3.79. The minimum Gasteiger partial charge on any atom is -0.481 e.